The second kappa shape index (κ2) is 6.12. The van der Waals surface area contributed by atoms with Crippen LogP contribution in [0.5, 0.6) is 5.75 Å². The smallest absolute Gasteiger partial charge is 0.257 e. The number of carbonyl (C=O) groups excluding carboxylic acids is 1. The highest BCUT2D eigenvalue weighted by Gasteiger charge is 2.19. The van der Waals surface area contributed by atoms with Gasteiger partial charge in [0.25, 0.3) is 5.91 Å². The zero-order chi connectivity index (χ0) is 13.5. The van der Waals surface area contributed by atoms with E-state index in [1.807, 2.05) is 12.1 Å². The molecule has 0 heterocycles. The molecule has 2 N–H and O–H groups in total. The summed E-state index contributed by atoms with van der Waals surface area (Å²) < 4.78 is 5.01. The van der Waals surface area contributed by atoms with Gasteiger partial charge in [-0.05, 0) is 12.1 Å². The van der Waals surface area contributed by atoms with Gasteiger partial charge in [-0.1, -0.05) is 6.07 Å². The van der Waals surface area contributed by atoms with Crippen molar-refractivity contribution in [2.24, 2.45) is 0 Å². The number of para-hydroxylation sites is 1. The molecule has 0 aliphatic heterocycles. The minimum atomic E-state index is -0.463. The summed E-state index contributed by atoms with van der Waals surface area (Å²) >= 11 is 0. The summed E-state index contributed by atoms with van der Waals surface area (Å²) in [6.45, 7) is -0.327. The van der Waals surface area contributed by atoms with Crippen molar-refractivity contribution in [3.8, 4) is 17.9 Å². The molecular weight excluding hydrogens is 232 g/mol. The number of nitriles is 2. The molecule has 0 bridgehead atoms. The van der Waals surface area contributed by atoms with Gasteiger partial charge in [-0.15, -0.1) is 0 Å². The monoisotopic (exact) mass is 244 g/mol. The van der Waals surface area contributed by atoms with Gasteiger partial charge in [0.05, 0.1) is 30.5 Å². The van der Waals surface area contributed by atoms with Crippen LogP contribution in [0.4, 0.5) is 5.69 Å². The molecule has 0 aliphatic carbocycles. The number of rotatable bonds is 4. The number of nitrogens with two attached hydrogens (primary N) is 1. The number of hydrogen-bond acceptors (Lipinski definition) is 5. The van der Waals surface area contributed by atoms with E-state index in [1.54, 1.807) is 12.1 Å². The summed E-state index contributed by atoms with van der Waals surface area (Å²) in [4.78, 5) is 13.2. The topological polar surface area (TPSA) is 103 Å². The largest absolute Gasteiger partial charge is 0.495 e. The van der Waals surface area contributed by atoms with Crippen LogP contribution >= 0.6 is 0 Å². The third-order valence-electron chi connectivity index (χ3n) is 2.33. The van der Waals surface area contributed by atoms with Crippen molar-refractivity contribution in [1.82, 2.24) is 4.90 Å². The van der Waals surface area contributed by atoms with Crippen molar-refractivity contribution in [3.05, 3.63) is 23.8 Å². The predicted octanol–water partition coefficient (Wildman–Crippen LogP) is 0.767. The lowest BCUT2D eigenvalue weighted by Crippen LogP contribution is -2.32. The van der Waals surface area contributed by atoms with Crippen LogP contribution in [0.25, 0.3) is 0 Å². The fourth-order valence-corrected chi connectivity index (χ4v) is 1.45. The molecule has 0 radical (unpaired) electrons. The molecule has 0 aromatic heterocycles. The first-order valence-electron chi connectivity index (χ1n) is 5.11. The summed E-state index contributed by atoms with van der Waals surface area (Å²) in [5.74, 6) is -0.0794. The average Bonchev–Trinajstić information content (AvgIpc) is 2.38. The number of methoxy groups -OCH3 is 1. The van der Waals surface area contributed by atoms with Crippen molar-refractivity contribution < 1.29 is 9.53 Å². The minimum Gasteiger partial charge on any atom is -0.495 e. The van der Waals surface area contributed by atoms with Crippen LogP contribution in [0, 0.1) is 22.7 Å². The van der Waals surface area contributed by atoms with Crippen LogP contribution in [0.3, 0.4) is 0 Å². The number of hydrogen-bond donors (Lipinski definition) is 1. The number of anilines is 1. The number of nitrogens with zero attached hydrogens (tertiary/aromatic N) is 3. The third-order valence-corrected chi connectivity index (χ3v) is 2.33. The lowest BCUT2D eigenvalue weighted by molar-refractivity contribution is 0.0795. The van der Waals surface area contributed by atoms with Crippen LogP contribution in [-0.2, 0) is 0 Å². The van der Waals surface area contributed by atoms with Crippen molar-refractivity contribution in [2.75, 3.05) is 25.9 Å². The van der Waals surface area contributed by atoms with Crippen LogP contribution in [-0.4, -0.2) is 31.0 Å². The Morgan fingerprint density at radius 3 is 2.50 bits per heavy atom. The standard InChI is InChI=1S/C12H12N4O2/c1-18-10-4-2-3-9(11(10)15)12(17)16(7-5-13)8-6-14/h2-4H,7-8,15H2,1H3. The molecule has 6 nitrogen and oxygen atoms in total. The van der Waals surface area contributed by atoms with Crippen LogP contribution in [0.1, 0.15) is 10.4 Å². The second-order valence-corrected chi connectivity index (χ2v) is 3.40. The normalized spacial score (nSPS) is 9.06. The van der Waals surface area contributed by atoms with Gasteiger partial charge < -0.3 is 15.4 Å². The lowest BCUT2D eigenvalue weighted by atomic mass is 10.1. The molecular formula is C12H12N4O2. The summed E-state index contributed by atoms with van der Waals surface area (Å²) in [5, 5.41) is 17.2. The number of nitrogen functional groups attached to an aromatic ring is 1. The first-order chi connectivity index (χ1) is 8.65. The van der Waals surface area contributed by atoms with Crippen molar-refractivity contribution >= 4 is 11.6 Å². The van der Waals surface area contributed by atoms with E-state index in [9.17, 15) is 4.79 Å². The maximum absolute atomic E-state index is 12.1. The molecule has 0 saturated heterocycles. The molecule has 0 fully saturated rings. The molecule has 1 aromatic carbocycles. The zero-order valence-corrected chi connectivity index (χ0v) is 9.88. The van der Waals surface area contributed by atoms with Gasteiger partial charge >= 0.3 is 0 Å². The van der Waals surface area contributed by atoms with Crippen LogP contribution in [0.15, 0.2) is 18.2 Å². The Labute approximate surface area is 105 Å². The summed E-state index contributed by atoms with van der Waals surface area (Å²) in [6, 6.07) is 8.45. The van der Waals surface area contributed by atoms with Gasteiger partial charge in [0.15, 0.2) is 0 Å². The van der Waals surface area contributed by atoms with E-state index in [4.69, 9.17) is 21.0 Å². The van der Waals surface area contributed by atoms with Gasteiger partial charge in [-0.2, -0.15) is 10.5 Å². The van der Waals surface area contributed by atoms with Gasteiger partial charge in [-0.3, -0.25) is 4.79 Å². The predicted molar refractivity (Wildman–Crippen MR) is 64.5 cm³/mol. The number of amides is 1. The fraction of sp³-hybridized carbons (Fsp3) is 0.250. The van der Waals surface area contributed by atoms with E-state index in [1.165, 1.54) is 13.2 Å². The molecule has 18 heavy (non-hydrogen) atoms. The molecule has 0 atom stereocenters. The SMILES string of the molecule is COc1cccc(C(=O)N(CC#N)CC#N)c1N. The molecule has 1 rings (SSSR count). The molecule has 0 unspecified atom stereocenters. The Bertz CT molecular complexity index is 512. The Morgan fingerprint density at radius 2 is 2.00 bits per heavy atom. The number of ether oxygens (including phenoxy) is 1. The Morgan fingerprint density at radius 1 is 1.39 bits per heavy atom. The quantitative estimate of drug-likeness (QED) is 0.622. The van der Waals surface area contributed by atoms with E-state index in [0.29, 0.717) is 5.75 Å². The first-order valence-corrected chi connectivity index (χ1v) is 5.11. The van der Waals surface area contributed by atoms with Gasteiger partial charge in [0, 0.05) is 0 Å². The number of carbonyl (C=O) groups is 1. The van der Waals surface area contributed by atoms with Gasteiger partial charge in [0.2, 0.25) is 0 Å². The molecule has 0 saturated carbocycles. The molecule has 0 spiro atoms. The minimum absolute atomic E-state index is 0.164. The van der Waals surface area contributed by atoms with Crippen molar-refractivity contribution in [3.63, 3.8) is 0 Å². The summed E-state index contributed by atoms with van der Waals surface area (Å²) in [7, 11) is 1.45. The van der Waals surface area contributed by atoms with E-state index in [0.717, 1.165) is 4.90 Å². The summed E-state index contributed by atoms with van der Waals surface area (Å²) in [5.41, 5.74) is 6.21. The Balaban J connectivity index is 3.10. The summed E-state index contributed by atoms with van der Waals surface area (Å²) in [6.07, 6.45) is 0. The molecule has 6 heteroatoms. The first kappa shape index (κ1) is 13.3. The van der Waals surface area contributed by atoms with Crippen molar-refractivity contribution in [2.45, 2.75) is 0 Å². The van der Waals surface area contributed by atoms with E-state index >= 15 is 0 Å². The fourth-order valence-electron chi connectivity index (χ4n) is 1.45. The molecule has 1 amide bonds. The third kappa shape index (κ3) is 2.69. The highest BCUT2D eigenvalue weighted by molar-refractivity contribution is 6.00. The lowest BCUT2D eigenvalue weighted by Gasteiger charge is -2.17. The van der Waals surface area contributed by atoms with E-state index in [-0.39, 0.29) is 24.3 Å². The Kier molecular flexibility index (Phi) is 4.53. The zero-order valence-electron chi connectivity index (χ0n) is 9.88. The second-order valence-electron chi connectivity index (χ2n) is 3.40. The van der Waals surface area contributed by atoms with Crippen LogP contribution < -0.4 is 10.5 Å². The highest BCUT2D eigenvalue weighted by Crippen LogP contribution is 2.25. The molecule has 1 aromatic rings. The average molecular weight is 244 g/mol. The maximum atomic E-state index is 12.1. The highest BCUT2D eigenvalue weighted by atomic mass is 16.5. The van der Waals surface area contributed by atoms with Gasteiger partial charge in [-0.25, -0.2) is 0 Å². The van der Waals surface area contributed by atoms with Gasteiger partial charge in [0.1, 0.15) is 18.8 Å². The molecule has 92 valence electrons. The van der Waals surface area contributed by atoms with E-state index in [2.05, 4.69) is 0 Å². The maximum Gasteiger partial charge on any atom is 0.257 e. The molecule has 0 aliphatic rings. The van der Waals surface area contributed by atoms with E-state index < -0.39 is 5.91 Å². The van der Waals surface area contributed by atoms with Crippen LogP contribution in [0.2, 0.25) is 0 Å². The number of benzene rings is 1. The Hall–Kier alpha value is -2.73. The van der Waals surface area contributed by atoms with Crippen molar-refractivity contribution in [1.29, 1.82) is 10.5 Å².